The molecule has 206 valence electrons. The number of nitrogens with one attached hydrogen (secondary N) is 1. The van der Waals surface area contributed by atoms with Crippen LogP contribution in [0.5, 0.6) is 0 Å². The normalized spacial score (nSPS) is 11.5. The summed E-state index contributed by atoms with van der Waals surface area (Å²) in [4.78, 5) is 1.64. The molecule has 2 nitrogen and oxygen atoms in total. The number of para-hydroxylation sites is 2. The summed E-state index contributed by atoms with van der Waals surface area (Å²) >= 11 is 1.67. The highest BCUT2D eigenvalue weighted by Gasteiger charge is 2.20. The molecule has 0 bridgehead atoms. The zero-order valence-corrected chi connectivity index (χ0v) is 23.7. The quantitative estimate of drug-likeness (QED) is 0.204. The molecule has 0 spiro atoms. The lowest BCUT2D eigenvalue weighted by molar-refractivity contribution is 0.619. The van der Waals surface area contributed by atoms with Gasteiger partial charge in [0, 0.05) is 37.2 Å². The van der Waals surface area contributed by atoms with Crippen LogP contribution in [0.15, 0.2) is 140 Å². The Hall–Kier alpha value is -5.26. The molecule has 0 radical (unpaired) electrons. The van der Waals surface area contributed by atoms with Crippen molar-refractivity contribution in [2.45, 2.75) is 0 Å². The van der Waals surface area contributed by atoms with Crippen LogP contribution in [-0.2, 0) is 0 Å². The van der Waals surface area contributed by atoms with Crippen molar-refractivity contribution in [3.8, 4) is 0 Å². The first-order valence-corrected chi connectivity index (χ1v) is 14.9. The lowest BCUT2D eigenvalue weighted by Gasteiger charge is -2.26. The molecule has 0 saturated carbocycles. The lowest BCUT2D eigenvalue weighted by atomic mass is 10.0. The van der Waals surface area contributed by atoms with Crippen molar-refractivity contribution in [2.75, 3.05) is 10.2 Å². The van der Waals surface area contributed by atoms with Crippen molar-refractivity contribution in [1.82, 2.24) is 0 Å². The Balaban J connectivity index is 1.17. The summed E-state index contributed by atoms with van der Waals surface area (Å²) in [5.74, 6) is -0.834. The zero-order valence-electron chi connectivity index (χ0n) is 22.9. The Morgan fingerprint density at radius 2 is 1.02 bits per heavy atom. The number of rotatable bonds is 5. The second-order valence-electron chi connectivity index (χ2n) is 10.6. The highest BCUT2D eigenvalue weighted by Crippen LogP contribution is 2.42. The number of hydrogen-bond acceptors (Lipinski definition) is 3. The minimum atomic E-state index is -0.417. The van der Waals surface area contributed by atoms with Gasteiger partial charge in [-0.25, -0.2) is 8.78 Å². The predicted molar refractivity (Wildman–Crippen MR) is 179 cm³/mol. The van der Waals surface area contributed by atoms with Crippen molar-refractivity contribution in [3.05, 3.63) is 151 Å². The van der Waals surface area contributed by atoms with Crippen LogP contribution in [0, 0.1) is 11.6 Å². The third-order valence-electron chi connectivity index (χ3n) is 7.94. The molecule has 0 aliphatic rings. The maximum absolute atomic E-state index is 15.0. The van der Waals surface area contributed by atoms with Gasteiger partial charge in [-0.3, -0.25) is 0 Å². The molecular weight excluding hydrogens is 554 g/mol. The molecule has 0 aliphatic carbocycles. The SMILES string of the molecule is Fc1ccccc1N(c1ccc2c(c1)sc1cc(Nc3ccc4c(ccc5ccccc54)c3)ccc12)c1ccccc1F. The van der Waals surface area contributed by atoms with E-state index in [-0.39, 0.29) is 0 Å². The van der Waals surface area contributed by atoms with E-state index in [4.69, 9.17) is 0 Å². The van der Waals surface area contributed by atoms with Crippen LogP contribution >= 0.6 is 11.3 Å². The summed E-state index contributed by atoms with van der Waals surface area (Å²) in [5, 5.41) is 10.7. The molecule has 7 aromatic carbocycles. The van der Waals surface area contributed by atoms with Crippen LogP contribution in [0.3, 0.4) is 0 Å². The smallest absolute Gasteiger partial charge is 0.147 e. The van der Waals surface area contributed by atoms with Crippen molar-refractivity contribution in [1.29, 1.82) is 0 Å². The molecule has 0 saturated heterocycles. The average molecular weight is 579 g/mol. The summed E-state index contributed by atoms with van der Waals surface area (Å²) in [6, 6.07) is 44.6. The second-order valence-corrected chi connectivity index (χ2v) is 11.7. The predicted octanol–water partition coefficient (Wildman–Crippen LogP) is 11.9. The van der Waals surface area contributed by atoms with Crippen molar-refractivity contribution in [3.63, 3.8) is 0 Å². The van der Waals surface area contributed by atoms with Crippen molar-refractivity contribution in [2.24, 2.45) is 0 Å². The van der Waals surface area contributed by atoms with Gasteiger partial charge in [0.15, 0.2) is 0 Å². The van der Waals surface area contributed by atoms with E-state index in [0.29, 0.717) is 17.1 Å². The first-order chi connectivity index (χ1) is 21.1. The molecule has 8 aromatic rings. The number of benzene rings is 7. The number of anilines is 5. The van der Waals surface area contributed by atoms with Gasteiger partial charge in [-0.1, -0.05) is 78.9 Å². The third-order valence-corrected chi connectivity index (χ3v) is 9.05. The first kappa shape index (κ1) is 25.5. The summed E-state index contributed by atoms with van der Waals surface area (Å²) < 4.78 is 32.2. The molecule has 0 atom stereocenters. The summed E-state index contributed by atoms with van der Waals surface area (Å²) in [6.07, 6.45) is 0. The van der Waals surface area contributed by atoms with Gasteiger partial charge in [-0.2, -0.15) is 0 Å². The summed E-state index contributed by atoms with van der Waals surface area (Å²) in [7, 11) is 0. The Morgan fingerprint density at radius 3 is 1.77 bits per heavy atom. The monoisotopic (exact) mass is 578 g/mol. The highest BCUT2D eigenvalue weighted by molar-refractivity contribution is 7.25. The lowest BCUT2D eigenvalue weighted by Crippen LogP contribution is -2.13. The van der Waals surface area contributed by atoms with Gasteiger partial charge in [0.2, 0.25) is 0 Å². The minimum absolute atomic E-state index is 0.294. The molecule has 0 fully saturated rings. The molecule has 0 amide bonds. The maximum Gasteiger partial charge on any atom is 0.147 e. The summed E-state index contributed by atoms with van der Waals surface area (Å²) in [5.41, 5.74) is 3.30. The van der Waals surface area contributed by atoms with Gasteiger partial charge < -0.3 is 10.2 Å². The largest absolute Gasteiger partial charge is 0.355 e. The average Bonchev–Trinajstić information content (AvgIpc) is 3.40. The van der Waals surface area contributed by atoms with E-state index in [1.165, 1.54) is 33.7 Å². The number of thiophene rings is 1. The molecular formula is C38H24F2N2S. The fourth-order valence-corrected chi connectivity index (χ4v) is 7.09. The molecule has 1 heterocycles. The number of fused-ring (bicyclic) bond motifs is 6. The van der Waals surface area contributed by atoms with Crippen LogP contribution < -0.4 is 10.2 Å². The fraction of sp³-hybridized carbons (Fsp3) is 0. The van der Waals surface area contributed by atoms with Crippen LogP contribution in [0.4, 0.5) is 37.2 Å². The van der Waals surface area contributed by atoms with Gasteiger partial charge in [0.1, 0.15) is 11.6 Å². The Bertz CT molecular complexity index is 2280. The summed E-state index contributed by atoms with van der Waals surface area (Å²) in [6.45, 7) is 0. The standard InChI is InChI=1S/C38H24F2N2S/c39-33-9-3-5-11-35(33)42(36-12-6-4-10-34(36)40)28-17-20-32-31-19-16-27(22-37(31)43-38(32)23-28)41-26-15-18-30-25(21-26)14-13-24-7-1-2-8-29(24)30/h1-23,41H. The van der Waals surface area contributed by atoms with E-state index in [1.807, 2.05) is 18.2 Å². The van der Waals surface area contributed by atoms with Gasteiger partial charge in [0.05, 0.1) is 11.4 Å². The van der Waals surface area contributed by atoms with Gasteiger partial charge in [-0.05, 0) is 82.2 Å². The van der Waals surface area contributed by atoms with Crippen LogP contribution in [0.1, 0.15) is 0 Å². The van der Waals surface area contributed by atoms with Gasteiger partial charge in [0.25, 0.3) is 0 Å². The molecule has 1 N–H and O–H groups in total. The fourth-order valence-electron chi connectivity index (χ4n) is 5.91. The molecule has 1 aromatic heterocycles. The van der Waals surface area contributed by atoms with Crippen LogP contribution in [0.2, 0.25) is 0 Å². The zero-order chi connectivity index (χ0) is 28.9. The molecule has 5 heteroatoms. The van der Waals surface area contributed by atoms with Crippen molar-refractivity contribution >= 4 is 81.5 Å². The topological polar surface area (TPSA) is 15.3 Å². The number of nitrogens with zero attached hydrogens (tertiary/aromatic N) is 1. The molecule has 8 rings (SSSR count). The van der Waals surface area contributed by atoms with Crippen LogP contribution in [0.25, 0.3) is 41.7 Å². The third kappa shape index (κ3) is 4.46. The van der Waals surface area contributed by atoms with E-state index < -0.39 is 11.6 Å². The Morgan fingerprint density at radius 1 is 0.465 bits per heavy atom. The van der Waals surface area contributed by atoms with Gasteiger partial charge >= 0.3 is 0 Å². The van der Waals surface area contributed by atoms with E-state index >= 15 is 8.78 Å². The van der Waals surface area contributed by atoms with Gasteiger partial charge in [-0.15, -0.1) is 11.3 Å². The van der Waals surface area contributed by atoms with E-state index in [9.17, 15) is 0 Å². The maximum atomic E-state index is 15.0. The van der Waals surface area contributed by atoms with Crippen molar-refractivity contribution < 1.29 is 8.78 Å². The highest BCUT2D eigenvalue weighted by atomic mass is 32.1. The van der Waals surface area contributed by atoms with E-state index in [2.05, 4.69) is 78.1 Å². The number of hydrogen-bond donors (Lipinski definition) is 1. The molecule has 43 heavy (non-hydrogen) atoms. The molecule has 0 unspecified atom stereocenters. The Labute approximate surface area is 251 Å². The van der Waals surface area contributed by atoms with E-state index in [1.54, 1.807) is 52.6 Å². The van der Waals surface area contributed by atoms with E-state index in [0.717, 1.165) is 31.5 Å². The molecule has 0 aliphatic heterocycles. The number of halogens is 2. The van der Waals surface area contributed by atoms with Crippen LogP contribution in [-0.4, -0.2) is 0 Å². The minimum Gasteiger partial charge on any atom is -0.355 e. The first-order valence-electron chi connectivity index (χ1n) is 14.1. The Kier molecular flexibility index (Phi) is 6.05. The second kappa shape index (κ2) is 10.2.